The third-order valence-corrected chi connectivity index (χ3v) is 3.65. The molecule has 10 heteroatoms. The molecule has 0 saturated heterocycles. The van der Waals surface area contributed by atoms with Gasteiger partial charge in [0.2, 0.25) is 17.1 Å². The van der Waals surface area contributed by atoms with E-state index in [4.69, 9.17) is 5.84 Å². The van der Waals surface area contributed by atoms with E-state index in [0.29, 0.717) is 11.1 Å². The molecule has 0 aliphatic rings. The molecule has 21 heavy (non-hydrogen) atoms. The zero-order valence-corrected chi connectivity index (χ0v) is 12.9. The summed E-state index contributed by atoms with van der Waals surface area (Å²) in [4.78, 5) is 21.0. The molecule has 0 aromatic carbocycles. The Kier molecular flexibility index (Phi) is 4.08. The van der Waals surface area contributed by atoms with E-state index in [1.807, 2.05) is 12.1 Å². The quantitative estimate of drug-likeness (QED) is 0.531. The monoisotopic (exact) mass is 364 g/mol. The van der Waals surface area contributed by atoms with E-state index in [2.05, 4.69) is 46.3 Å². The van der Waals surface area contributed by atoms with Crippen LogP contribution < -0.4 is 11.3 Å². The minimum Gasteiger partial charge on any atom is -0.292 e. The summed E-state index contributed by atoms with van der Waals surface area (Å²) < 4.78 is 2.58. The van der Waals surface area contributed by atoms with Crippen molar-refractivity contribution in [3.8, 4) is 5.95 Å². The van der Waals surface area contributed by atoms with Crippen molar-refractivity contribution in [2.45, 2.75) is 10.2 Å². The Bertz CT molecular complexity index is 730. The number of nitrogens with two attached hydrogens (primary N) is 1. The van der Waals surface area contributed by atoms with Crippen LogP contribution in [0.15, 0.2) is 51.7 Å². The van der Waals surface area contributed by atoms with E-state index < -0.39 is 0 Å². The number of rotatable bonds is 4. The molecule has 0 aliphatic heterocycles. The Morgan fingerprint density at radius 2 is 2.14 bits per heavy atom. The number of hydrogen-bond donors (Lipinski definition) is 2. The van der Waals surface area contributed by atoms with Crippen LogP contribution in [0.3, 0.4) is 0 Å². The van der Waals surface area contributed by atoms with Crippen molar-refractivity contribution in [2.75, 3.05) is 5.43 Å². The molecular weight excluding hydrogens is 356 g/mol. The standard InChI is InChI=1S/C11H9BrN8S/c12-7-1-2-8(15-5-7)21-11-17-9(19-13)16-10(18-11)20-4-3-14-6-20/h1-6H,13H2,(H,16,17,18,19). The van der Waals surface area contributed by atoms with Gasteiger partial charge in [0.05, 0.1) is 0 Å². The third-order valence-electron chi connectivity index (χ3n) is 2.36. The average molecular weight is 365 g/mol. The Hall–Kier alpha value is -2.04. The van der Waals surface area contributed by atoms with Crippen molar-refractivity contribution in [1.29, 1.82) is 0 Å². The number of nitrogen functional groups attached to an aromatic ring is 1. The summed E-state index contributed by atoms with van der Waals surface area (Å²) in [7, 11) is 0. The van der Waals surface area contributed by atoms with Crippen molar-refractivity contribution >= 4 is 33.6 Å². The van der Waals surface area contributed by atoms with Gasteiger partial charge in [-0.25, -0.2) is 15.8 Å². The highest BCUT2D eigenvalue weighted by Gasteiger charge is 2.09. The lowest BCUT2D eigenvalue weighted by Crippen LogP contribution is -2.13. The Morgan fingerprint density at radius 3 is 2.81 bits per heavy atom. The minimum atomic E-state index is 0.272. The van der Waals surface area contributed by atoms with Crippen LogP contribution in [0.1, 0.15) is 0 Å². The van der Waals surface area contributed by atoms with Crippen LogP contribution in [0.5, 0.6) is 0 Å². The van der Waals surface area contributed by atoms with Crippen LogP contribution in [0.2, 0.25) is 0 Å². The Labute approximate surface area is 132 Å². The van der Waals surface area contributed by atoms with Gasteiger partial charge >= 0.3 is 0 Å². The van der Waals surface area contributed by atoms with Gasteiger partial charge in [0.1, 0.15) is 11.4 Å². The van der Waals surface area contributed by atoms with E-state index in [-0.39, 0.29) is 5.95 Å². The van der Waals surface area contributed by atoms with E-state index >= 15 is 0 Å². The first kappa shape index (κ1) is 13.9. The molecule has 3 aromatic heterocycles. The van der Waals surface area contributed by atoms with Crippen LogP contribution in [0.25, 0.3) is 5.95 Å². The average Bonchev–Trinajstić information content (AvgIpc) is 3.04. The number of hydrazine groups is 1. The van der Waals surface area contributed by atoms with Crippen LogP contribution in [0.4, 0.5) is 5.95 Å². The highest BCUT2D eigenvalue weighted by Crippen LogP contribution is 2.24. The van der Waals surface area contributed by atoms with Gasteiger partial charge in [-0.1, -0.05) is 0 Å². The molecule has 0 saturated carbocycles. The number of imidazole rings is 1. The van der Waals surface area contributed by atoms with Crippen LogP contribution in [0, 0.1) is 0 Å². The molecule has 3 aromatic rings. The molecule has 0 atom stereocenters. The molecule has 3 heterocycles. The van der Waals surface area contributed by atoms with Crippen molar-refractivity contribution in [1.82, 2.24) is 29.5 Å². The fourth-order valence-electron chi connectivity index (χ4n) is 1.47. The van der Waals surface area contributed by atoms with Gasteiger partial charge in [-0.05, 0) is 39.8 Å². The van der Waals surface area contributed by atoms with Gasteiger partial charge in [0.15, 0.2) is 0 Å². The van der Waals surface area contributed by atoms with Crippen molar-refractivity contribution in [3.05, 3.63) is 41.5 Å². The van der Waals surface area contributed by atoms with Crippen LogP contribution in [-0.2, 0) is 0 Å². The number of nitrogens with one attached hydrogen (secondary N) is 1. The molecule has 3 N–H and O–H groups in total. The van der Waals surface area contributed by atoms with Crippen molar-refractivity contribution < 1.29 is 0 Å². The minimum absolute atomic E-state index is 0.272. The lowest BCUT2D eigenvalue weighted by Gasteiger charge is -2.06. The summed E-state index contributed by atoms with van der Waals surface area (Å²) in [6.07, 6.45) is 6.69. The molecule has 0 spiro atoms. The van der Waals surface area contributed by atoms with E-state index in [0.717, 1.165) is 9.50 Å². The second-order valence-electron chi connectivity index (χ2n) is 3.77. The fraction of sp³-hybridized carbons (Fsp3) is 0. The van der Waals surface area contributed by atoms with Gasteiger partial charge in [-0.2, -0.15) is 15.0 Å². The summed E-state index contributed by atoms with van der Waals surface area (Å²) in [5.41, 5.74) is 2.43. The topological polar surface area (TPSA) is 107 Å². The van der Waals surface area contributed by atoms with E-state index in [9.17, 15) is 0 Å². The molecule has 0 fully saturated rings. The molecule has 0 amide bonds. The molecule has 0 bridgehead atoms. The van der Waals surface area contributed by atoms with Crippen molar-refractivity contribution in [3.63, 3.8) is 0 Å². The maximum absolute atomic E-state index is 5.40. The highest BCUT2D eigenvalue weighted by molar-refractivity contribution is 9.10. The lowest BCUT2D eigenvalue weighted by molar-refractivity contribution is 0.823. The molecule has 0 unspecified atom stereocenters. The number of pyridine rings is 1. The first-order chi connectivity index (χ1) is 10.2. The Morgan fingerprint density at radius 1 is 1.24 bits per heavy atom. The third kappa shape index (κ3) is 3.35. The van der Waals surface area contributed by atoms with Gasteiger partial charge in [0.25, 0.3) is 0 Å². The number of nitrogens with zero attached hydrogens (tertiary/aromatic N) is 6. The zero-order valence-electron chi connectivity index (χ0n) is 10.5. The summed E-state index contributed by atoms with van der Waals surface area (Å²) in [6.45, 7) is 0. The highest BCUT2D eigenvalue weighted by atomic mass is 79.9. The second kappa shape index (κ2) is 6.16. The number of halogens is 1. The van der Waals surface area contributed by atoms with Gasteiger partial charge in [-0.15, -0.1) is 0 Å². The molecule has 3 rings (SSSR count). The summed E-state index contributed by atoms with van der Waals surface area (Å²) in [6, 6.07) is 3.76. The molecular formula is C11H9BrN8S. The summed E-state index contributed by atoms with van der Waals surface area (Å²) >= 11 is 4.66. The predicted molar refractivity (Wildman–Crippen MR) is 80.8 cm³/mol. The molecule has 0 aliphatic carbocycles. The molecule has 106 valence electrons. The fourth-order valence-corrected chi connectivity index (χ4v) is 2.39. The zero-order chi connectivity index (χ0) is 14.7. The van der Waals surface area contributed by atoms with Gasteiger partial charge < -0.3 is 0 Å². The van der Waals surface area contributed by atoms with E-state index in [1.165, 1.54) is 11.8 Å². The maximum atomic E-state index is 5.40. The smallest absolute Gasteiger partial charge is 0.242 e. The summed E-state index contributed by atoms with van der Waals surface area (Å²) in [5.74, 6) is 6.09. The SMILES string of the molecule is NNc1nc(Sc2ccc(Br)cn2)nc(-n2ccnc2)n1. The van der Waals surface area contributed by atoms with Gasteiger partial charge in [-0.3, -0.25) is 9.99 Å². The second-order valence-corrected chi connectivity index (χ2v) is 5.68. The molecule has 0 radical (unpaired) electrons. The molecule has 8 nitrogen and oxygen atoms in total. The maximum Gasteiger partial charge on any atom is 0.242 e. The normalized spacial score (nSPS) is 10.6. The number of anilines is 1. The van der Waals surface area contributed by atoms with Crippen molar-refractivity contribution in [2.24, 2.45) is 5.84 Å². The summed E-state index contributed by atoms with van der Waals surface area (Å²) in [5, 5.41) is 1.25. The number of aromatic nitrogens is 6. The lowest BCUT2D eigenvalue weighted by atomic mass is 10.5. The predicted octanol–water partition coefficient (Wildman–Crippen LogP) is 1.65. The largest absolute Gasteiger partial charge is 0.292 e. The first-order valence-corrected chi connectivity index (χ1v) is 7.36. The number of hydrogen-bond acceptors (Lipinski definition) is 8. The van der Waals surface area contributed by atoms with E-state index in [1.54, 1.807) is 29.5 Å². The van der Waals surface area contributed by atoms with Crippen LogP contribution in [-0.4, -0.2) is 29.5 Å². The van der Waals surface area contributed by atoms with Gasteiger partial charge in [0, 0.05) is 23.1 Å². The Balaban J connectivity index is 1.94. The van der Waals surface area contributed by atoms with Crippen LogP contribution >= 0.6 is 27.7 Å². The first-order valence-electron chi connectivity index (χ1n) is 5.75.